The van der Waals surface area contributed by atoms with Crippen molar-refractivity contribution in [3.63, 3.8) is 0 Å². The number of likely N-dealkylation sites (tertiary alicyclic amines) is 1. The van der Waals surface area contributed by atoms with Gasteiger partial charge in [-0.1, -0.05) is 18.2 Å². The molecule has 1 amide bonds. The molecule has 142 valence electrons. The summed E-state index contributed by atoms with van der Waals surface area (Å²) in [4.78, 5) is 13.8. The first kappa shape index (κ1) is 17.8. The van der Waals surface area contributed by atoms with Gasteiger partial charge in [-0.3, -0.25) is 9.69 Å². The van der Waals surface area contributed by atoms with E-state index < -0.39 is 0 Å². The summed E-state index contributed by atoms with van der Waals surface area (Å²) < 4.78 is 24.4. The third-order valence-corrected chi connectivity index (χ3v) is 5.25. The highest BCUT2D eigenvalue weighted by molar-refractivity contribution is 5.79. The lowest BCUT2D eigenvalue weighted by Crippen LogP contribution is -2.32. The lowest BCUT2D eigenvalue weighted by molar-refractivity contribution is -0.119. The molecule has 2 atom stereocenters. The van der Waals surface area contributed by atoms with Gasteiger partial charge in [0.05, 0.1) is 7.11 Å². The van der Waals surface area contributed by atoms with Crippen LogP contribution in [0.15, 0.2) is 42.5 Å². The molecule has 0 radical (unpaired) electrons. The molecule has 0 bridgehead atoms. The molecule has 0 spiro atoms. The average Bonchev–Trinajstić information content (AvgIpc) is 3.18. The number of rotatable bonds is 6. The van der Waals surface area contributed by atoms with E-state index in [1.165, 1.54) is 12.1 Å². The van der Waals surface area contributed by atoms with E-state index in [4.69, 9.17) is 9.47 Å². The lowest BCUT2D eigenvalue weighted by Gasteiger charge is -2.18. The summed E-state index contributed by atoms with van der Waals surface area (Å²) in [7, 11) is 1.62. The minimum atomic E-state index is -0.259. The average molecular weight is 370 g/mol. The van der Waals surface area contributed by atoms with Crippen LogP contribution < -0.4 is 14.8 Å². The van der Waals surface area contributed by atoms with Crippen molar-refractivity contribution in [3.8, 4) is 11.5 Å². The molecule has 5 nitrogen and oxygen atoms in total. The Balaban J connectivity index is 1.41. The second-order valence-electron chi connectivity index (χ2n) is 7.23. The first-order chi connectivity index (χ1) is 13.1. The molecule has 4 rings (SSSR count). The van der Waals surface area contributed by atoms with Crippen molar-refractivity contribution in [1.29, 1.82) is 0 Å². The number of carbonyl (C=O) groups is 1. The highest BCUT2D eigenvalue weighted by Gasteiger charge is 2.39. The van der Waals surface area contributed by atoms with Gasteiger partial charge in [0.1, 0.15) is 12.4 Å². The van der Waals surface area contributed by atoms with Crippen molar-refractivity contribution in [2.75, 3.05) is 20.2 Å². The minimum absolute atomic E-state index is 0.172. The topological polar surface area (TPSA) is 50.8 Å². The summed E-state index contributed by atoms with van der Waals surface area (Å²) in [5.41, 5.74) is 2.03. The van der Waals surface area contributed by atoms with E-state index in [1.807, 2.05) is 18.2 Å². The number of fused-ring (bicyclic) bond motifs is 1. The fourth-order valence-corrected chi connectivity index (χ4v) is 3.90. The molecule has 1 N–H and O–H groups in total. The highest BCUT2D eigenvalue weighted by Crippen LogP contribution is 2.31. The number of methoxy groups -OCH3 is 1. The molecule has 0 saturated carbocycles. The van der Waals surface area contributed by atoms with Crippen LogP contribution in [0.3, 0.4) is 0 Å². The van der Waals surface area contributed by atoms with Crippen LogP contribution in [0.2, 0.25) is 0 Å². The number of benzene rings is 2. The zero-order chi connectivity index (χ0) is 18.8. The maximum atomic E-state index is 13.0. The Morgan fingerprint density at radius 2 is 1.89 bits per heavy atom. The van der Waals surface area contributed by atoms with Crippen molar-refractivity contribution >= 4 is 5.91 Å². The summed E-state index contributed by atoms with van der Waals surface area (Å²) >= 11 is 0. The van der Waals surface area contributed by atoms with E-state index in [0.717, 1.165) is 30.8 Å². The van der Waals surface area contributed by atoms with E-state index in [-0.39, 0.29) is 17.8 Å². The highest BCUT2D eigenvalue weighted by atomic mass is 19.1. The van der Waals surface area contributed by atoms with E-state index in [1.54, 1.807) is 19.2 Å². The van der Waals surface area contributed by atoms with E-state index in [9.17, 15) is 9.18 Å². The predicted molar refractivity (Wildman–Crippen MR) is 99.0 cm³/mol. The smallest absolute Gasteiger partial charge is 0.220 e. The van der Waals surface area contributed by atoms with Gasteiger partial charge >= 0.3 is 0 Å². The number of hydrogen-bond donors (Lipinski definition) is 1. The van der Waals surface area contributed by atoms with Crippen molar-refractivity contribution in [3.05, 3.63) is 59.4 Å². The van der Waals surface area contributed by atoms with Gasteiger partial charge in [-0.05, 0) is 35.4 Å². The van der Waals surface area contributed by atoms with Gasteiger partial charge in [0.15, 0.2) is 11.5 Å². The number of halogens is 1. The molecule has 2 heterocycles. The van der Waals surface area contributed by atoms with Gasteiger partial charge in [0.2, 0.25) is 5.91 Å². The van der Waals surface area contributed by atoms with Crippen molar-refractivity contribution in [1.82, 2.24) is 10.2 Å². The third-order valence-electron chi connectivity index (χ3n) is 5.25. The fraction of sp³-hybridized carbons (Fsp3) is 0.381. The molecule has 2 aliphatic rings. The molecule has 2 aliphatic heterocycles. The maximum absolute atomic E-state index is 13.0. The lowest BCUT2D eigenvalue weighted by atomic mass is 10.1. The second kappa shape index (κ2) is 7.56. The van der Waals surface area contributed by atoms with Crippen LogP contribution in [0.25, 0.3) is 0 Å². The summed E-state index contributed by atoms with van der Waals surface area (Å²) in [6, 6.07) is 12.5. The van der Waals surface area contributed by atoms with Gasteiger partial charge in [-0.25, -0.2) is 4.39 Å². The molecule has 2 aromatic rings. The van der Waals surface area contributed by atoms with Crippen LogP contribution in [-0.4, -0.2) is 37.0 Å². The number of amides is 1. The first-order valence-electron chi connectivity index (χ1n) is 9.16. The standard InChI is InChI=1S/C21H23FN2O3/c1-26-19-7-4-15(10-24-11-16-9-21(25)23-18(16)12-24)8-20(19)27-13-14-2-5-17(22)6-3-14/h2-8,16,18H,9-13H2,1H3,(H,23,25)/t16-,18+/m0/s1. The number of nitrogens with zero attached hydrogens (tertiary/aromatic N) is 1. The Morgan fingerprint density at radius 3 is 2.63 bits per heavy atom. The predicted octanol–water partition coefficient (Wildman–Crippen LogP) is 2.73. The minimum Gasteiger partial charge on any atom is -0.493 e. The zero-order valence-electron chi connectivity index (χ0n) is 15.3. The maximum Gasteiger partial charge on any atom is 0.220 e. The summed E-state index contributed by atoms with van der Waals surface area (Å²) in [5, 5.41) is 3.05. The fourth-order valence-electron chi connectivity index (χ4n) is 3.90. The van der Waals surface area contributed by atoms with Gasteiger partial charge in [-0.2, -0.15) is 0 Å². The monoisotopic (exact) mass is 370 g/mol. The molecule has 0 aliphatic carbocycles. The Labute approximate surface area is 158 Å². The van der Waals surface area contributed by atoms with Crippen LogP contribution >= 0.6 is 0 Å². The van der Waals surface area contributed by atoms with E-state index in [2.05, 4.69) is 10.2 Å². The number of nitrogens with one attached hydrogen (secondary N) is 1. The Bertz CT molecular complexity index is 809. The van der Waals surface area contributed by atoms with Crippen LogP contribution in [0, 0.1) is 11.7 Å². The van der Waals surface area contributed by atoms with Crippen LogP contribution in [0.1, 0.15) is 17.5 Å². The van der Waals surface area contributed by atoms with Crippen molar-refractivity contribution in [2.24, 2.45) is 5.92 Å². The quantitative estimate of drug-likeness (QED) is 0.850. The number of hydrogen-bond acceptors (Lipinski definition) is 4. The second-order valence-corrected chi connectivity index (χ2v) is 7.23. The Hall–Kier alpha value is -2.60. The Morgan fingerprint density at radius 1 is 1.11 bits per heavy atom. The van der Waals surface area contributed by atoms with E-state index in [0.29, 0.717) is 30.4 Å². The summed E-state index contributed by atoms with van der Waals surface area (Å²) in [6.45, 7) is 2.97. The third kappa shape index (κ3) is 4.06. The van der Waals surface area contributed by atoms with Gasteiger partial charge in [0.25, 0.3) is 0 Å². The van der Waals surface area contributed by atoms with Crippen LogP contribution in [0.4, 0.5) is 4.39 Å². The molecule has 0 unspecified atom stereocenters. The molecule has 2 fully saturated rings. The largest absolute Gasteiger partial charge is 0.493 e. The van der Waals surface area contributed by atoms with Gasteiger partial charge in [0, 0.05) is 38.0 Å². The van der Waals surface area contributed by atoms with Gasteiger partial charge < -0.3 is 14.8 Å². The molecule has 6 heteroatoms. The summed E-state index contributed by atoms with van der Waals surface area (Å²) in [5.74, 6) is 1.68. The first-order valence-corrected chi connectivity index (χ1v) is 9.16. The van der Waals surface area contributed by atoms with Crippen molar-refractivity contribution < 1.29 is 18.7 Å². The SMILES string of the molecule is COc1ccc(CN2C[C@@H]3CC(=O)N[C@@H]3C2)cc1OCc1ccc(F)cc1. The molecule has 2 saturated heterocycles. The van der Waals surface area contributed by atoms with Crippen molar-refractivity contribution in [2.45, 2.75) is 25.6 Å². The number of carbonyl (C=O) groups excluding carboxylic acids is 1. The number of ether oxygens (including phenoxy) is 2. The zero-order valence-corrected chi connectivity index (χ0v) is 15.3. The molecule has 27 heavy (non-hydrogen) atoms. The molecule has 0 aromatic heterocycles. The molecular weight excluding hydrogens is 347 g/mol. The van der Waals surface area contributed by atoms with E-state index >= 15 is 0 Å². The van der Waals surface area contributed by atoms with Crippen LogP contribution in [0.5, 0.6) is 11.5 Å². The molecule has 2 aromatic carbocycles. The van der Waals surface area contributed by atoms with Gasteiger partial charge in [-0.15, -0.1) is 0 Å². The Kier molecular flexibility index (Phi) is 4.99. The normalized spacial score (nSPS) is 21.8. The summed E-state index contributed by atoms with van der Waals surface area (Å²) in [6.07, 6.45) is 0.635. The van der Waals surface area contributed by atoms with Crippen LogP contribution in [-0.2, 0) is 17.9 Å². The molecular formula is C21H23FN2O3.